The number of aromatic nitrogens is 1. The van der Waals surface area contributed by atoms with Gasteiger partial charge in [-0.1, -0.05) is 12.1 Å². The third-order valence-electron chi connectivity index (χ3n) is 5.24. The second-order valence-electron chi connectivity index (χ2n) is 7.42. The largest absolute Gasteiger partial charge is 0.295 e. The highest BCUT2D eigenvalue weighted by Crippen LogP contribution is 2.25. The molecule has 0 N–H and O–H groups in total. The zero-order valence-corrected chi connectivity index (χ0v) is 18.6. The highest BCUT2D eigenvalue weighted by Gasteiger charge is 2.29. The van der Waals surface area contributed by atoms with Gasteiger partial charge in [-0.05, 0) is 43.3 Å². The predicted octanol–water partition coefficient (Wildman–Crippen LogP) is 3.66. The van der Waals surface area contributed by atoms with E-state index in [9.17, 15) is 17.6 Å². The lowest BCUT2D eigenvalue weighted by atomic mass is 10.2. The van der Waals surface area contributed by atoms with Crippen molar-refractivity contribution >= 4 is 27.1 Å². The lowest BCUT2D eigenvalue weighted by molar-refractivity contribution is 0.101. The molecule has 3 aromatic rings. The van der Waals surface area contributed by atoms with Crippen molar-refractivity contribution in [3.8, 4) is 10.6 Å². The molecular weight excluding hydrogens is 437 g/mol. The minimum absolute atomic E-state index is 0.150. The van der Waals surface area contributed by atoms with Crippen LogP contribution in [0.5, 0.6) is 0 Å². The van der Waals surface area contributed by atoms with E-state index in [1.807, 2.05) is 5.38 Å². The van der Waals surface area contributed by atoms with Gasteiger partial charge >= 0.3 is 0 Å². The van der Waals surface area contributed by atoms with Crippen LogP contribution in [0.3, 0.4) is 0 Å². The van der Waals surface area contributed by atoms with E-state index >= 15 is 0 Å². The molecule has 31 heavy (non-hydrogen) atoms. The van der Waals surface area contributed by atoms with Gasteiger partial charge in [0.15, 0.2) is 5.78 Å². The van der Waals surface area contributed by atoms with E-state index in [0.717, 1.165) is 16.3 Å². The lowest BCUT2D eigenvalue weighted by Gasteiger charge is -2.33. The van der Waals surface area contributed by atoms with Crippen molar-refractivity contribution in [2.75, 3.05) is 26.2 Å². The molecule has 0 saturated carbocycles. The molecule has 1 aliphatic rings. The monoisotopic (exact) mass is 459 g/mol. The number of nitrogens with zero attached hydrogens (tertiary/aromatic N) is 3. The molecular formula is C22H22FN3O3S2. The van der Waals surface area contributed by atoms with E-state index in [0.29, 0.717) is 38.3 Å². The number of Topliss-reactive ketones (excluding diaryl/α,β-unsaturated/α-hetero) is 1. The molecule has 2 aromatic carbocycles. The van der Waals surface area contributed by atoms with E-state index in [2.05, 4.69) is 9.88 Å². The molecule has 0 radical (unpaired) electrons. The zero-order chi connectivity index (χ0) is 22.0. The van der Waals surface area contributed by atoms with Gasteiger partial charge in [0.25, 0.3) is 0 Å². The van der Waals surface area contributed by atoms with Crippen LogP contribution in [-0.4, -0.2) is 54.6 Å². The fourth-order valence-corrected chi connectivity index (χ4v) is 5.77. The van der Waals surface area contributed by atoms with Gasteiger partial charge in [0.1, 0.15) is 10.8 Å². The van der Waals surface area contributed by atoms with Crippen LogP contribution >= 0.6 is 11.3 Å². The average Bonchev–Trinajstić information content (AvgIpc) is 3.23. The Bertz CT molecular complexity index is 1180. The molecule has 162 valence electrons. The van der Waals surface area contributed by atoms with Crippen LogP contribution in [0, 0.1) is 5.82 Å². The Hall–Kier alpha value is -2.46. The van der Waals surface area contributed by atoms with Crippen molar-refractivity contribution in [3.63, 3.8) is 0 Å². The van der Waals surface area contributed by atoms with Crippen molar-refractivity contribution < 1.29 is 17.6 Å². The van der Waals surface area contributed by atoms with Gasteiger partial charge in [-0.2, -0.15) is 4.31 Å². The summed E-state index contributed by atoms with van der Waals surface area (Å²) < 4.78 is 40.5. The minimum Gasteiger partial charge on any atom is -0.295 e. The molecule has 6 nitrogen and oxygen atoms in total. The maximum absolute atomic E-state index is 13.1. The normalized spacial score (nSPS) is 15.8. The van der Waals surface area contributed by atoms with Crippen LogP contribution in [0.25, 0.3) is 10.6 Å². The molecule has 0 unspecified atom stereocenters. The van der Waals surface area contributed by atoms with Crippen LogP contribution in [0.1, 0.15) is 23.0 Å². The summed E-state index contributed by atoms with van der Waals surface area (Å²) >= 11 is 1.51. The first-order valence-electron chi connectivity index (χ1n) is 9.87. The number of hydrogen-bond acceptors (Lipinski definition) is 6. The topological polar surface area (TPSA) is 70.6 Å². The number of carbonyl (C=O) groups is 1. The summed E-state index contributed by atoms with van der Waals surface area (Å²) in [7, 11) is -3.64. The third kappa shape index (κ3) is 4.90. The fourth-order valence-electron chi connectivity index (χ4n) is 3.49. The third-order valence-corrected chi connectivity index (χ3v) is 8.07. The van der Waals surface area contributed by atoms with Crippen molar-refractivity contribution in [2.45, 2.75) is 18.4 Å². The number of sulfonamides is 1. The first-order chi connectivity index (χ1) is 14.8. The number of rotatable bonds is 6. The Morgan fingerprint density at radius 3 is 2.48 bits per heavy atom. The SMILES string of the molecule is CC(=O)c1cccc(S(=O)(=O)N2CCN(Cc3csc(-c4ccc(F)cc4)n3)CC2)c1. The summed E-state index contributed by atoms with van der Waals surface area (Å²) in [5, 5.41) is 2.82. The molecule has 4 rings (SSSR count). The van der Waals surface area contributed by atoms with Crippen LogP contribution in [0.4, 0.5) is 4.39 Å². The Balaban J connectivity index is 1.38. The molecule has 0 atom stereocenters. The van der Waals surface area contributed by atoms with Crippen molar-refractivity contribution in [3.05, 3.63) is 71.0 Å². The van der Waals surface area contributed by atoms with Gasteiger partial charge in [0.05, 0.1) is 10.6 Å². The average molecular weight is 460 g/mol. The highest BCUT2D eigenvalue weighted by atomic mass is 32.2. The van der Waals surface area contributed by atoms with Gasteiger partial charge < -0.3 is 0 Å². The summed E-state index contributed by atoms with van der Waals surface area (Å²) in [6.45, 7) is 3.99. The first-order valence-corrected chi connectivity index (χ1v) is 12.2. The zero-order valence-electron chi connectivity index (χ0n) is 17.0. The number of halogens is 1. The van der Waals surface area contributed by atoms with E-state index in [1.165, 1.54) is 46.8 Å². The van der Waals surface area contributed by atoms with Gasteiger partial charge in [-0.3, -0.25) is 9.69 Å². The van der Waals surface area contributed by atoms with E-state index in [1.54, 1.807) is 24.3 Å². The molecule has 1 aromatic heterocycles. The summed E-state index contributed by atoms with van der Waals surface area (Å²) in [6.07, 6.45) is 0. The maximum Gasteiger partial charge on any atom is 0.243 e. The molecule has 0 amide bonds. The quantitative estimate of drug-likeness (QED) is 0.526. The van der Waals surface area contributed by atoms with Crippen LogP contribution in [-0.2, 0) is 16.6 Å². The van der Waals surface area contributed by atoms with E-state index in [-0.39, 0.29) is 16.5 Å². The van der Waals surface area contributed by atoms with Gasteiger partial charge in [-0.25, -0.2) is 17.8 Å². The molecule has 2 heterocycles. The Labute approximate surface area is 185 Å². The molecule has 0 spiro atoms. The Morgan fingerprint density at radius 2 is 1.81 bits per heavy atom. The minimum atomic E-state index is -3.64. The summed E-state index contributed by atoms with van der Waals surface area (Å²) in [5.41, 5.74) is 2.18. The lowest BCUT2D eigenvalue weighted by Crippen LogP contribution is -2.48. The van der Waals surface area contributed by atoms with Crippen LogP contribution in [0.2, 0.25) is 0 Å². The summed E-state index contributed by atoms with van der Waals surface area (Å²) in [6, 6.07) is 12.4. The number of piperazine rings is 1. The number of benzene rings is 2. The molecule has 1 aliphatic heterocycles. The van der Waals surface area contributed by atoms with Gasteiger partial charge in [0.2, 0.25) is 10.0 Å². The number of thiazole rings is 1. The second kappa shape index (κ2) is 8.96. The van der Waals surface area contributed by atoms with E-state index < -0.39 is 10.0 Å². The molecule has 9 heteroatoms. The van der Waals surface area contributed by atoms with Gasteiger partial charge in [-0.15, -0.1) is 11.3 Å². The van der Waals surface area contributed by atoms with Crippen molar-refractivity contribution in [1.29, 1.82) is 0 Å². The molecule has 0 aliphatic carbocycles. The molecule has 0 bridgehead atoms. The summed E-state index contributed by atoms with van der Waals surface area (Å²) in [5.74, 6) is -0.438. The molecule has 1 saturated heterocycles. The smallest absolute Gasteiger partial charge is 0.243 e. The van der Waals surface area contributed by atoms with E-state index in [4.69, 9.17) is 0 Å². The standard InChI is InChI=1S/C22H22FN3O3S2/c1-16(27)18-3-2-4-21(13-18)31(28,29)26-11-9-25(10-12-26)14-20-15-30-22(24-20)17-5-7-19(23)8-6-17/h2-8,13,15H,9-12,14H2,1H3. The van der Waals surface area contributed by atoms with Crippen LogP contribution in [0.15, 0.2) is 58.8 Å². The Kier molecular flexibility index (Phi) is 6.29. The molecule has 1 fully saturated rings. The number of hydrogen-bond donors (Lipinski definition) is 0. The van der Waals surface area contributed by atoms with Gasteiger partial charge in [0, 0.05) is 49.2 Å². The number of ketones is 1. The van der Waals surface area contributed by atoms with Crippen molar-refractivity contribution in [2.24, 2.45) is 0 Å². The fraction of sp³-hybridized carbons (Fsp3) is 0.273. The predicted molar refractivity (Wildman–Crippen MR) is 118 cm³/mol. The number of carbonyl (C=O) groups excluding carboxylic acids is 1. The maximum atomic E-state index is 13.1. The summed E-state index contributed by atoms with van der Waals surface area (Å²) in [4.78, 5) is 18.5. The van der Waals surface area contributed by atoms with Crippen molar-refractivity contribution in [1.82, 2.24) is 14.2 Å². The second-order valence-corrected chi connectivity index (χ2v) is 10.2. The Morgan fingerprint density at radius 1 is 1.10 bits per heavy atom. The highest BCUT2D eigenvalue weighted by molar-refractivity contribution is 7.89. The first kappa shape index (κ1) is 21.8. The van der Waals surface area contributed by atoms with Crippen LogP contribution < -0.4 is 0 Å².